The molecule has 0 bridgehead atoms. The normalized spacial score (nSPS) is 15.1. The molecule has 0 saturated carbocycles. The average Bonchev–Trinajstić information content (AvgIpc) is 2.80. The zero-order valence-corrected chi connectivity index (χ0v) is 11.6. The van der Waals surface area contributed by atoms with Crippen molar-refractivity contribution in [2.45, 2.75) is 26.0 Å². The molecule has 2 aromatic rings. The standard InChI is InChI=1S/C14H16N2O5/c1-8(17)14-15-9-6-11-12(21-5-4-20-11)7-10(9)16(14)3-2-13(18)19/h6-8,17H,2-5H2,1H3,(H,18,19)/t8-/m0/s1. The molecule has 2 heterocycles. The van der Waals surface area contributed by atoms with Crippen LogP contribution < -0.4 is 9.47 Å². The van der Waals surface area contributed by atoms with Gasteiger partial charge in [-0.25, -0.2) is 4.98 Å². The minimum atomic E-state index is -0.897. The first kappa shape index (κ1) is 13.7. The Labute approximate surface area is 120 Å². The molecule has 1 aromatic carbocycles. The molecule has 112 valence electrons. The van der Waals surface area contributed by atoms with E-state index in [9.17, 15) is 9.90 Å². The molecule has 0 aliphatic carbocycles. The predicted octanol–water partition coefficient (Wildman–Crippen LogP) is 1.34. The zero-order valence-electron chi connectivity index (χ0n) is 11.6. The van der Waals surface area contributed by atoms with Gasteiger partial charge in [0.05, 0.1) is 17.5 Å². The molecule has 7 heteroatoms. The van der Waals surface area contributed by atoms with Gasteiger partial charge in [0.15, 0.2) is 11.5 Å². The summed E-state index contributed by atoms with van der Waals surface area (Å²) in [5, 5.41) is 18.7. The smallest absolute Gasteiger partial charge is 0.305 e. The highest BCUT2D eigenvalue weighted by molar-refractivity contribution is 5.81. The van der Waals surface area contributed by atoms with Crippen LogP contribution in [0, 0.1) is 0 Å². The van der Waals surface area contributed by atoms with Crippen molar-refractivity contribution in [2.24, 2.45) is 0 Å². The molecule has 1 aromatic heterocycles. The second kappa shape index (κ2) is 5.25. The van der Waals surface area contributed by atoms with Crippen LogP contribution in [-0.4, -0.2) is 38.9 Å². The van der Waals surface area contributed by atoms with Crippen LogP contribution in [0.5, 0.6) is 11.5 Å². The molecule has 1 aliphatic heterocycles. The quantitative estimate of drug-likeness (QED) is 0.883. The number of carbonyl (C=O) groups is 1. The molecule has 7 nitrogen and oxygen atoms in total. The van der Waals surface area contributed by atoms with E-state index in [-0.39, 0.29) is 13.0 Å². The van der Waals surface area contributed by atoms with Crippen LogP contribution in [-0.2, 0) is 11.3 Å². The molecule has 3 rings (SSSR count). The number of benzene rings is 1. The summed E-state index contributed by atoms with van der Waals surface area (Å²) in [6.45, 7) is 2.81. The predicted molar refractivity (Wildman–Crippen MR) is 73.6 cm³/mol. The van der Waals surface area contributed by atoms with Crippen LogP contribution in [0.15, 0.2) is 12.1 Å². The molecular weight excluding hydrogens is 276 g/mol. The topological polar surface area (TPSA) is 93.8 Å². The van der Waals surface area contributed by atoms with Gasteiger partial charge in [0.2, 0.25) is 0 Å². The number of hydrogen-bond donors (Lipinski definition) is 2. The summed E-state index contributed by atoms with van der Waals surface area (Å²) in [5.41, 5.74) is 1.39. The lowest BCUT2D eigenvalue weighted by molar-refractivity contribution is -0.137. The summed E-state index contributed by atoms with van der Waals surface area (Å²) in [6.07, 6.45) is -0.829. The fraction of sp³-hybridized carbons (Fsp3) is 0.429. The molecule has 1 atom stereocenters. The van der Waals surface area contributed by atoms with Crippen molar-refractivity contribution in [2.75, 3.05) is 13.2 Å². The Morgan fingerprint density at radius 3 is 2.67 bits per heavy atom. The van der Waals surface area contributed by atoms with Crippen LogP contribution in [0.3, 0.4) is 0 Å². The molecule has 0 amide bonds. The van der Waals surface area contributed by atoms with E-state index in [1.54, 1.807) is 23.6 Å². The van der Waals surface area contributed by atoms with Gasteiger partial charge in [0.25, 0.3) is 0 Å². The Bertz CT molecular complexity index is 692. The molecule has 0 spiro atoms. The van der Waals surface area contributed by atoms with Crippen LogP contribution >= 0.6 is 0 Å². The lowest BCUT2D eigenvalue weighted by Crippen LogP contribution is -2.15. The molecular formula is C14H16N2O5. The second-order valence-corrected chi connectivity index (χ2v) is 4.93. The van der Waals surface area contributed by atoms with Crippen LogP contribution in [0.25, 0.3) is 11.0 Å². The van der Waals surface area contributed by atoms with Gasteiger partial charge >= 0.3 is 5.97 Å². The molecule has 0 fully saturated rings. The van der Waals surface area contributed by atoms with Crippen molar-refractivity contribution in [3.63, 3.8) is 0 Å². The SMILES string of the molecule is C[C@H](O)c1nc2cc3c(cc2n1CCC(=O)O)OCCO3. The fourth-order valence-corrected chi connectivity index (χ4v) is 2.44. The van der Waals surface area contributed by atoms with Gasteiger partial charge in [-0.3, -0.25) is 4.79 Å². The number of rotatable bonds is 4. The Balaban J connectivity index is 2.11. The van der Waals surface area contributed by atoms with Crippen molar-refractivity contribution < 1.29 is 24.5 Å². The molecule has 2 N–H and O–H groups in total. The molecule has 0 unspecified atom stereocenters. The Kier molecular flexibility index (Phi) is 3.42. The minimum Gasteiger partial charge on any atom is -0.486 e. The van der Waals surface area contributed by atoms with Gasteiger partial charge in [-0.15, -0.1) is 0 Å². The highest BCUT2D eigenvalue weighted by Gasteiger charge is 2.20. The zero-order chi connectivity index (χ0) is 15.0. The van der Waals surface area contributed by atoms with Crippen LogP contribution in [0.2, 0.25) is 0 Å². The van der Waals surface area contributed by atoms with E-state index in [0.717, 1.165) is 5.52 Å². The third-order valence-electron chi connectivity index (χ3n) is 3.36. The number of nitrogens with zero attached hydrogens (tertiary/aromatic N) is 2. The van der Waals surface area contributed by atoms with Crippen molar-refractivity contribution in [3.8, 4) is 11.5 Å². The first-order chi connectivity index (χ1) is 10.1. The Morgan fingerprint density at radius 2 is 2.05 bits per heavy atom. The monoisotopic (exact) mass is 292 g/mol. The number of aliphatic carboxylic acids is 1. The number of carboxylic acid groups (broad SMARTS) is 1. The van der Waals surface area contributed by atoms with Gasteiger partial charge < -0.3 is 24.3 Å². The third kappa shape index (κ3) is 2.52. The van der Waals surface area contributed by atoms with E-state index >= 15 is 0 Å². The second-order valence-electron chi connectivity index (χ2n) is 4.93. The van der Waals surface area contributed by atoms with Crippen LogP contribution in [0.1, 0.15) is 25.3 Å². The Morgan fingerprint density at radius 1 is 1.38 bits per heavy atom. The summed E-state index contributed by atoms with van der Waals surface area (Å²) >= 11 is 0. The number of aliphatic hydroxyl groups is 1. The number of aryl methyl sites for hydroxylation is 1. The van der Waals surface area contributed by atoms with Crippen molar-refractivity contribution >= 4 is 17.0 Å². The summed E-state index contributed by atoms with van der Waals surface area (Å²) < 4.78 is 12.8. The highest BCUT2D eigenvalue weighted by atomic mass is 16.6. The van der Waals surface area contributed by atoms with E-state index < -0.39 is 12.1 Å². The maximum atomic E-state index is 10.8. The summed E-state index contributed by atoms with van der Waals surface area (Å²) in [6, 6.07) is 3.54. The first-order valence-electron chi connectivity index (χ1n) is 6.76. The molecule has 0 saturated heterocycles. The number of aromatic nitrogens is 2. The van der Waals surface area contributed by atoms with Crippen LogP contribution in [0.4, 0.5) is 0 Å². The van der Waals surface area contributed by atoms with E-state index in [0.29, 0.717) is 36.1 Å². The van der Waals surface area contributed by atoms with Gasteiger partial charge in [0.1, 0.15) is 25.1 Å². The number of carboxylic acids is 1. The largest absolute Gasteiger partial charge is 0.486 e. The van der Waals surface area contributed by atoms with Crippen molar-refractivity contribution in [3.05, 3.63) is 18.0 Å². The lowest BCUT2D eigenvalue weighted by atomic mass is 10.2. The number of fused-ring (bicyclic) bond motifs is 2. The van der Waals surface area contributed by atoms with Gasteiger partial charge in [-0.2, -0.15) is 0 Å². The van der Waals surface area contributed by atoms with Gasteiger partial charge in [-0.05, 0) is 6.92 Å². The molecule has 21 heavy (non-hydrogen) atoms. The number of aliphatic hydroxyl groups excluding tert-OH is 1. The van der Waals surface area contributed by atoms with E-state index in [2.05, 4.69) is 4.98 Å². The summed E-state index contributed by atoms with van der Waals surface area (Å²) in [4.78, 5) is 15.2. The Hall–Kier alpha value is -2.28. The van der Waals surface area contributed by atoms with Crippen molar-refractivity contribution in [1.29, 1.82) is 0 Å². The maximum absolute atomic E-state index is 10.8. The first-order valence-corrected chi connectivity index (χ1v) is 6.76. The van der Waals surface area contributed by atoms with Crippen molar-refractivity contribution in [1.82, 2.24) is 9.55 Å². The van der Waals surface area contributed by atoms with E-state index in [4.69, 9.17) is 14.6 Å². The van der Waals surface area contributed by atoms with Gasteiger partial charge in [-0.1, -0.05) is 0 Å². The van der Waals surface area contributed by atoms with E-state index in [1.807, 2.05) is 0 Å². The number of ether oxygens (including phenoxy) is 2. The van der Waals surface area contributed by atoms with Gasteiger partial charge in [0, 0.05) is 18.7 Å². The average molecular weight is 292 g/mol. The molecule has 1 aliphatic rings. The minimum absolute atomic E-state index is 0.0420. The number of hydrogen-bond acceptors (Lipinski definition) is 5. The highest BCUT2D eigenvalue weighted by Crippen LogP contribution is 2.35. The summed E-state index contributed by atoms with van der Waals surface area (Å²) in [5.74, 6) is 0.774. The fourth-order valence-electron chi connectivity index (χ4n) is 2.44. The summed E-state index contributed by atoms with van der Waals surface area (Å²) in [7, 11) is 0. The lowest BCUT2D eigenvalue weighted by Gasteiger charge is -2.18. The maximum Gasteiger partial charge on any atom is 0.305 e. The third-order valence-corrected chi connectivity index (χ3v) is 3.36. The molecule has 0 radical (unpaired) electrons. The number of imidazole rings is 1. The van der Waals surface area contributed by atoms with E-state index in [1.165, 1.54) is 0 Å².